The molecule has 2 aliphatic rings. The first-order valence-electron chi connectivity index (χ1n) is 7.67. The van der Waals surface area contributed by atoms with Crippen molar-refractivity contribution in [2.24, 2.45) is 11.1 Å². The van der Waals surface area contributed by atoms with E-state index in [1.54, 1.807) is 0 Å². The first-order chi connectivity index (χ1) is 10.3. The predicted octanol–water partition coefficient (Wildman–Crippen LogP) is 2.43. The predicted molar refractivity (Wildman–Crippen MR) is 83.5 cm³/mol. The van der Waals surface area contributed by atoms with Crippen molar-refractivity contribution in [3.05, 3.63) is 4.91 Å². The van der Waals surface area contributed by atoms with Crippen molar-refractivity contribution in [1.82, 2.24) is 0 Å². The van der Waals surface area contributed by atoms with Crippen LogP contribution in [0.25, 0.3) is 0 Å². The summed E-state index contributed by atoms with van der Waals surface area (Å²) < 4.78 is 28.6. The van der Waals surface area contributed by atoms with Gasteiger partial charge in [-0.3, -0.25) is 4.79 Å². The molecule has 2 rings (SSSR count). The summed E-state index contributed by atoms with van der Waals surface area (Å²) in [7, 11) is -3.12. The van der Waals surface area contributed by atoms with Crippen LogP contribution in [0.1, 0.15) is 44.9 Å². The maximum absolute atomic E-state index is 12.2. The van der Waals surface area contributed by atoms with Crippen LogP contribution in [0.15, 0.2) is 5.18 Å². The molecule has 0 aromatic heterocycles. The molecule has 8 heteroatoms. The van der Waals surface area contributed by atoms with Crippen molar-refractivity contribution >= 4 is 27.4 Å². The number of ether oxygens (including phenoxy) is 1. The summed E-state index contributed by atoms with van der Waals surface area (Å²) >= 11 is 6.22. The molecule has 2 aliphatic carbocycles. The molecule has 0 bridgehead atoms. The van der Waals surface area contributed by atoms with Crippen molar-refractivity contribution in [3.8, 4) is 0 Å². The Kier molecular flexibility index (Phi) is 5.82. The van der Waals surface area contributed by atoms with Gasteiger partial charge in [-0.05, 0) is 44.9 Å². The third kappa shape index (κ3) is 4.41. The number of carbonyl (C=O) groups excluding carboxylic acids is 1. The fraction of sp³-hybridized carbons (Fsp3) is 0.929. The smallest absolute Gasteiger partial charge is 0.310 e. The second-order valence-corrected chi connectivity index (χ2v) is 9.25. The molecule has 0 aliphatic heterocycles. The Bertz CT molecular complexity index is 515. The number of alkyl halides is 1. The monoisotopic (exact) mass is 351 g/mol. The van der Waals surface area contributed by atoms with Crippen molar-refractivity contribution in [3.63, 3.8) is 0 Å². The number of hydrogen-bond acceptors (Lipinski definition) is 6. The van der Waals surface area contributed by atoms with Crippen LogP contribution in [0.3, 0.4) is 0 Å². The number of esters is 1. The molecule has 3 atom stereocenters. The van der Waals surface area contributed by atoms with Gasteiger partial charge in [-0.15, -0.1) is 11.6 Å². The van der Waals surface area contributed by atoms with Crippen LogP contribution < -0.4 is 0 Å². The number of carbonyl (C=O) groups is 1. The SMILES string of the molecule is CS(=O)(=O)C1CCC(C(=O)OC2CCC(N=O)CC2)C(Cl)C1. The van der Waals surface area contributed by atoms with Crippen LogP contribution in [-0.2, 0) is 19.4 Å². The van der Waals surface area contributed by atoms with E-state index in [2.05, 4.69) is 5.18 Å². The summed E-state index contributed by atoms with van der Waals surface area (Å²) in [6.45, 7) is 0. The number of nitroso groups, excluding NO2 is 1. The van der Waals surface area contributed by atoms with Crippen LogP contribution in [0.4, 0.5) is 0 Å². The van der Waals surface area contributed by atoms with E-state index >= 15 is 0 Å². The second kappa shape index (κ2) is 7.25. The van der Waals surface area contributed by atoms with E-state index in [1.807, 2.05) is 0 Å². The van der Waals surface area contributed by atoms with E-state index in [-0.39, 0.29) is 18.1 Å². The molecular formula is C14H22ClNO5S. The summed E-state index contributed by atoms with van der Waals surface area (Å²) in [4.78, 5) is 22.7. The Hall–Kier alpha value is -0.690. The van der Waals surface area contributed by atoms with Crippen LogP contribution in [0, 0.1) is 10.8 Å². The van der Waals surface area contributed by atoms with Crippen molar-refractivity contribution in [1.29, 1.82) is 0 Å². The zero-order chi connectivity index (χ0) is 16.3. The average molecular weight is 352 g/mol. The molecule has 0 aromatic rings. The topological polar surface area (TPSA) is 89.9 Å². The molecule has 22 heavy (non-hydrogen) atoms. The Morgan fingerprint density at radius 2 is 1.77 bits per heavy atom. The Morgan fingerprint density at radius 1 is 1.14 bits per heavy atom. The number of nitrogens with zero attached hydrogens (tertiary/aromatic N) is 1. The quantitative estimate of drug-likeness (QED) is 0.441. The van der Waals surface area contributed by atoms with Crippen molar-refractivity contribution < 1.29 is 17.9 Å². The summed E-state index contributed by atoms with van der Waals surface area (Å²) in [6, 6.07) is -0.166. The highest BCUT2D eigenvalue weighted by atomic mass is 35.5. The molecule has 0 aromatic carbocycles. The lowest BCUT2D eigenvalue weighted by atomic mass is 9.88. The maximum Gasteiger partial charge on any atom is 0.310 e. The van der Waals surface area contributed by atoms with E-state index in [0.717, 1.165) is 0 Å². The van der Waals surface area contributed by atoms with Gasteiger partial charge in [0.05, 0.1) is 17.2 Å². The van der Waals surface area contributed by atoms with Gasteiger partial charge in [0.15, 0.2) is 0 Å². The second-order valence-electron chi connectivity index (χ2n) is 6.36. The summed E-state index contributed by atoms with van der Waals surface area (Å²) in [6.07, 6.45) is 4.80. The summed E-state index contributed by atoms with van der Waals surface area (Å²) in [5, 5.41) is 2.06. The van der Waals surface area contributed by atoms with Crippen LogP contribution in [0.2, 0.25) is 0 Å². The van der Waals surface area contributed by atoms with Crippen LogP contribution >= 0.6 is 11.6 Å². The minimum absolute atomic E-state index is 0.166. The van der Waals surface area contributed by atoms with Gasteiger partial charge < -0.3 is 4.74 Å². The van der Waals surface area contributed by atoms with Gasteiger partial charge in [0.1, 0.15) is 15.9 Å². The number of hydrogen-bond donors (Lipinski definition) is 0. The van der Waals surface area contributed by atoms with Crippen LogP contribution in [-0.4, -0.2) is 43.4 Å². The number of sulfone groups is 1. The van der Waals surface area contributed by atoms with E-state index in [0.29, 0.717) is 44.9 Å². The molecule has 3 unspecified atom stereocenters. The van der Waals surface area contributed by atoms with Gasteiger partial charge in [0, 0.05) is 11.6 Å². The third-order valence-electron chi connectivity index (χ3n) is 4.71. The Morgan fingerprint density at radius 3 is 2.27 bits per heavy atom. The Balaban J connectivity index is 1.85. The zero-order valence-corrected chi connectivity index (χ0v) is 14.2. The fourth-order valence-corrected chi connectivity index (χ4v) is 4.92. The molecule has 2 saturated carbocycles. The van der Waals surface area contributed by atoms with Gasteiger partial charge >= 0.3 is 5.97 Å². The summed E-state index contributed by atoms with van der Waals surface area (Å²) in [5.74, 6) is -0.781. The first-order valence-corrected chi connectivity index (χ1v) is 10.1. The lowest BCUT2D eigenvalue weighted by molar-refractivity contribution is -0.156. The minimum atomic E-state index is -3.12. The highest BCUT2D eigenvalue weighted by Gasteiger charge is 2.39. The molecule has 0 spiro atoms. The molecule has 0 heterocycles. The first kappa shape index (κ1) is 17.7. The van der Waals surface area contributed by atoms with Gasteiger partial charge in [0.25, 0.3) is 0 Å². The number of halogens is 1. The molecule has 126 valence electrons. The highest BCUT2D eigenvalue weighted by Crippen LogP contribution is 2.34. The fourth-order valence-electron chi connectivity index (χ4n) is 3.25. The normalized spacial score (nSPS) is 36.5. The van der Waals surface area contributed by atoms with Gasteiger partial charge in [-0.1, -0.05) is 5.18 Å². The summed E-state index contributed by atoms with van der Waals surface area (Å²) in [5.41, 5.74) is 0. The maximum atomic E-state index is 12.2. The molecule has 6 nitrogen and oxygen atoms in total. The third-order valence-corrected chi connectivity index (χ3v) is 6.83. The molecular weight excluding hydrogens is 330 g/mol. The molecule has 0 saturated heterocycles. The molecule has 0 radical (unpaired) electrons. The standard InChI is InChI=1S/C14H22ClNO5S/c1-22(19,20)11-6-7-12(13(15)8-11)14(17)21-10-4-2-9(16-18)3-5-10/h9-13H,2-8H2,1H3. The number of rotatable bonds is 4. The van der Waals surface area contributed by atoms with Gasteiger partial charge in [0.2, 0.25) is 0 Å². The van der Waals surface area contributed by atoms with Crippen molar-refractivity contribution in [2.45, 2.75) is 67.7 Å². The van der Waals surface area contributed by atoms with E-state index in [4.69, 9.17) is 16.3 Å². The average Bonchev–Trinajstić information content (AvgIpc) is 2.46. The van der Waals surface area contributed by atoms with Gasteiger partial charge in [-0.2, -0.15) is 4.91 Å². The van der Waals surface area contributed by atoms with E-state index < -0.39 is 26.4 Å². The van der Waals surface area contributed by atoms with Crippen molar-refractivity contribution in [2.75, 3.05) is 6.26 Å². The Labute approximate surface area is 135 Å². The van der Waals surface area contributed by atoms with Gasteiger partial charge in [-0.25, -0.2) is 8.42 Å². The van der Waals surface area contributed by atoms with Crippen LogP contribution in [0.5, 0.6) is 0 Å². The highest BCUT2D eigenvalue weighted by molar-refractivity contribution is 7.91. The minimum Gasteiger partial charge on any atom is -0.462 e. The lowest BCUT2D eigenvalue weighted by Gasteiger charge is -2.32. The zero-order valence-electron chi connectivity index (χ0n) is 12.6. The molecule has 0 N–H and O–H groups in total. The largest absolute Gasteiger partial charge is 0.462 e. The van der Waals surface area contributed by atoms with E-state index in [1.165, 1.54) is 6.26 Å². The lowest BCUT2D eigenvalue weighted by Crippen LogP contribution is -2.39. The van der Waals surface area contributed by atoms with E-state index in [9.17, 15) is 18.1 Å². The molecule has 0 amide bonds. The molecule has 2 fully saturated rings.